The summed E-state index contributed by atoms with van der Waals surface area (Å²) in [6.07, 6.45) is 3.23. The molecule has 0 aromatic heterocycles. The first kappa shape index (κ1) is 25.7. The molecule has 5 nitrogen and oxygen atoms in total. The number of ketones is 1. The topological polar surface area (TPSA) is 77.5 Å². The number of carbonyl (C=O) groups excluding carboxylic acids is 2. The highest BCUT2D eigenvalue weighted by molar-refractivity contribution is 7.90. The molecule has 1 aliphatic rings. The van der Waals surface area contributed by atoms with E-state index < -0.39 is 50.9 Å². The molecule has 0 radical (unpaired) electrons. The van der Waals surface area contributed by atoms with Crippen molar-refractivity contribution in [2.45, 2.75) is 37.5 Å². The third kappa shape index (κ3) is 5.75. The molecule has 2 atom stereocenters. The maximum atomic E-state index is 14.6. The van der Waals surface area contributed by atoms with E-state index >= 15 is 0 Å². The van der Waals surface area contributed by atoms with Crippen LogP contribution in [0.3, 0.4) is 0 Å². The highest BCUT2D eigenvalue weighted by Gasteiger charge is 2.35. The van der Waals surface area contributed by atoms with E-state index in [0.29, 0.717) is 18.4 Å². The van der Waals surface area contributed by atoms with Crippen LogP contribution in [0.1, 0.15) is 37.3 Å². The van der Waals surface area contributed by atoms with Crippen molar-refractivity contribution >= 4 is 27.2 Å². The van der Waals surface area contributed by atoms with Crippen LogP contribution in [-0.4, -0.2) is 33.0 Å². The average Bonchev–Trinajstić information content (AvgIpc) is 2.79. The molecule has 1 aliphatic carbocycles. The van der Waals surface area contributed by atoms with E-state index in [1.54, 1.807) is 13.0 Å². The van der Waals surface area contributed by atoms with Gasteiger partial charge >= 0.3 is 5.97 Å². The lowest BCUT2D eigenvalue weighted by atomic mass is 9.79. The zero-order valence-electron chi connectivity index (χ0n) is 18.8. The number of rotatable bonds is 8. The van der Waals surface area contributed by atoms with Gasteiger partial charge in [-0.2, -0.15) is 0 Å². The van der Waals surface area contributed by atoms with Gasteiger partial charge in [0.25, 0.3) is 0 Å². The number of carbonyl (C=O) groups is 2. The number of hydrogen-bond acceptors (Lipinski definition) is 5. The van der Waals surface area contributed by atoms with Gasteiger partial charge in [-0.25, -0.2) is 21.6 Å². The predicted molar refractivity (Wildman–Crippen MR) is 120 cm³/mol. The van der Waals surface area contributed by atoms with Gasteiger partial charge in [-0.15, -0.1) is 0 Å². The summed E-state index contributed by atoms with van der Waals surface area (Å²) < 4.78 is 70.6. The number of Topliss-reactive ketones (excluding diaryl/α,β-unsaturated/α-hetero) is 1. The van der Waals surface area contributed by atoms with E-state index in [-0.39, 0.29) is 35.5 Å². The predicted octanol–water partition coefficient (Wildman–Crippen LogP) is 4.68. The van der Waals surface area contributed by atoms with Crippen LogP contribution in [0.25, 0.3) is 5.57 Å². The molecule has 2 unspecified atom stereocenters. The fourth-order valence-electron chi connectivity index (χ4n) is 4.08. The number of benzene rings is 2. The van der Waals surface area contributed by atoms with Crippen molar-refractivity contribution in [2.24, 2.45) is 11.8 Å². The lowest BCUT2D eigenvalue weighted by Crippen LogP contribution is -2.34. The van der Waals surface area contributed by atoms with Crippen molar-refractivity contribution in [3.63, 3.8) is 0 Å². The minimum Gasteiger partial charge on any atom is -0.465 e. The molecule has 9 heteroatoms. The molecule has 0 amide bonds. The van der Waals surface area contributed by atoms with Crippen molar-refractivity contribution in [3.05, 3.63) is 71.1 Å². The Bertz CT molecular complexity index is 1240. The standard InChI is InChI=1S/C25H25F3O5S/c1-3-33-25(30)20(13-17-5-4-6-21(26)23(17)28)24(29)16-9-7-15(8-10-16)19-12-11-18(14-22(19)27)34(2,31)32/h4-7,11-12,14,16,20H,3,8-10,13H2,1-2H3. The molecule has 34 heavy (non-hydrogen) atoms. The van der Waals surface area contributed by atoms with E-state index in [1.807, 2.05) is 0 Å². The van der Waals surface area contributed by atoms with Crippen LogP contribution >= 0.6 is 0 Å². The molecule has 3 rings (SSSR count). The molecule has 0 heterocycles. The van der Waals surface area contributed by atoms with Gasteiger partial charge in [0, 0.05) is 17.7 Å². The van der Waals surface area contributed by atoms with Crippen LogP contribution in [0.2, 0.25) is 0 Å². The van der Waals surface area contributed by atoms with Gasteiger partial charge in [-0.05, 0) is 61.9 Å². The molecule has 182 valence electrons. The zero-order chi connectivity index (χ0) is 25.0. The number of sulfone groups is 1. The van der Waals surface area contributed by atoms with Crippen molar-refractivity contribution in [1.82, 2.24) is 0 Å². The molecule has 0 aliphatic heterocycles. The van der Waals surface area contributed by atoms with Gasteiger partial charge in [0.05, 0.1) is 11.5 Å². The lowest BCUT2D eigenvalue weighted by molar-refractivity contribution is -0.152. The van der Waals surface area contributed by atoms with E-state index in [9.17, 15) is 31.2 Å². The summed E-state index contributed by atoms with van der Waals surface area (Å²) in [4.78, 5) is 25.6. The van der Waals surface area contributed by atoms with Crippen LogP contribution in [0.15, 0.2) is 47.4 Å². The van der Waals surface area contributed by atoms with Crippen LogP contribution in [0, 0.1) is 29.3 Å². The van der Waals surface area contributed by atoms with Gasteiger partial charge < -0.3 is 4.74 Å². The van der Waals surface area contributed by atoms with E-state index in [2.05, 4.69) is 0 Å². The summed E-state index contributed by atoms with van der Waals surface area (Å²) in [6.45, 7) is 1.62. The molecule has 2 aromatic carbocycles. The Morgan fingerprint density at radius 1 is 1.12 bits per heavy atom. The molecule has 0 bridgehead atoms. The minimum absolute atomic E-state index is 0.0334. The van der Waals surface area contributed by atoms with Crippen molar-refractivity contribution in [2.75, 3.05) is 12.9 Å². The second-order valence-corrected chi connectivity index (χ2v) is 10.3. The van der Waals surface area contributed by atoms with E-state index in [4.69, 9.17) is 4.74 Å². The van der Waals surface area contributed by atoms with Crippen LogP contribution in [0.4, 0.5) is 13.2 Å². The average molecular weight is 495 g/mol. The van der Waals surface area contributed by atoms with Crippen molar-refractivity contribution in [3.8, 4) is 0 Å². The number of esters is 1. The molecular weight excluding hydrogens is 469 g/mol. The smallest absolute Gasteiger partial charge is 0.316 e. The quantitative estimate of drug-likeness (QED) is 0.393. The van der Waals surface area contributed by atoms with Crippen LogP contribution in [0.5, 0.6) is 0 Å². The van der Waals surface area contributed by atoms with Crippen molar-refractivity contribution < 1.29 is 35.9 Å². The van der Waals surface area contributed by atoms with Gasteiger partial charge in [-0.1, -0.05) is 24.3 Å². The molecular formula is C25H25F3O5S. The van der Waals surface area contributed by atoms with E-state index in [1.165, 1.54) is 24.3 Å². The Kier molecular flexibility index (Phi) is 7.97. The number of ether oxygens (including phenoxy) is 1. The normalized spacial score (nSPS) is 17.1. The fourth-order valence-corrected chi connectivity index (χ4v) is 4.71. The highest BCUT2D eigenvalue weighted by atomic mass is 32.2. The third-order valence-electron chi connectivity index (χ3n) is 5.90. The second-order valence-electron chi connectivity index (χ2n) is 8.24. The first-order chi connectivity index (χ1) is 16.0. The van der Waals surface area contributed by atoms with Crippen LogP contribution < -0.4 is 0 Å². The van der Waals surface area contributed by atoms with Gasteiger partial charge in [0.2, 0.25) is 0 Å². The van der Waals surface area contributed by atoms with Gasteiger partial charge in [0.15, 0.2) is 27.3 Å². The summed E-state index contributed by atoms with van der Waals surface area (Å²) >= 11 is 0. The largest absolute Gasteiger partial charge is 0.465 e. The molecule has 0 N–H and O–H groups in total. The first-order valence-electron chi connectivity index (χ1n) is 10.8. The third-order valence-corrected chi connectivity index (χ3v) is 7.01. The molecule has 0 saturated heterocycles. The number of halogens is 3. The van der Waals surface area contributed by atoms with Gasteiger partial charge in [-0.3, -0.25) is 9.59 Å². The summed E-state index contributed by atoms with van der Waals surface area (Å²) in [5.74, 6) is -5.95. The summed E-state index contributed by atoms with van der Waals surface area (Å²) in [5, 5.41) is 0. The highest BCUT2D eigenvalue weighted by Crippen LogP contribution is 2.34. The molecule has 0 fully saturated rings. The Morgan fingerprint density at radius 3 is 2.44 bits per heavy atom. The number of allylic oxidation sites excluding steroid dienone is 2. The maximum Gasteiger partial charge on any atom is 0.316 e. The number of hydrogen-bond donors (Lipinski definition) is 0. The lowest BCUT2D eigenvalue weighted by Gasteiger charge is -2.25. The minimum atomic E-state index is -3.55. The zero-order valence-corrected chi connectivity index (χ0v) is 19.6. The first-order valence-corrected chi connectivity index (χ1v) is 12.7. The monoisotopic (exact) mass is 494 g/mol. The van der Waals surface area contributed by atoms with Crippen molar-refractivity contribution in [1.29, 1.82) is 0 Å². The van der Waals surface area contributed by atoms with E-state index in [0.717, 1.165) is 18.4 Å². The second kappa shape index (κ2) is 10.5. The van der Waals surface area contributed by atoms with Crippen LogP contribution in [-0.2, 0) is 30.6 Å². The van der Waals surface area contributed by atoms with Gasteiger partial charge in [0.1, 0.15) is 11.7 Å². The summed E-state index contributed by atoms with van der Waals surface area (Å²) in [5.41, 5.74) is 0.791. The molecule has 0 saturated carbocycles. The maximum absolute atomic E-state index is 14.6. The SMILES string of the molecule is CCOC(=O)C(Cc1cccc(F)c1F)C(=O)C1CC=C(c2ccc(S(C)(=O)=O)cc2F)CC1. The fraction of sp³-hybridized carbons (Fsp3) is 0.360. The Labute approximate surface area is 196 Å². The Morgan fingerprint density at radius 2 is 1.85 bits per heavy atom. The molecule has 2 aromatic rings. The summed E-state index contributed by atoms with van der Waals surface area (Å²) in [7, 11) is -3.55. The molecule has 0 spiro atoms. The Balaban J connectivity index is 1.80. The summed E-state index contributed by atoms with van der Waals surface area (Å²) in [6, 6.07) is 7.27. The Hall–Kier alpha value is -2.94.